The number of para-hydroxylation sites is 1. The molecular weight excluding hydrogens is 248 g/mol. The number of benzene rings is 1. The van der Waals surface area contributed by atoms with Gasteiger partial charge in [-0.1, -0.05) is 31.9 Å². The molecule has 0 aliphatic heterocycles. The second kappa shape index (κ2) is 5.65. The molecule has 20 heavy (non-hydrogen) atoms. The zero-order valence-corrected chi connectivity index (χ0v) is 12.0. The summed E-state index contributed by atoms with van der Waals surface area (Å²) in [4.78, 5) is 8.62. The zero-order chi connectivity index (χ0) is 13.9. The van der Waals surface area contributed by atoms with E-state index in [0.29, 0.717) is 5.95 Å². The molecule has 1 saturated carbocycles. The molecule has 1 aliphatic carbocycles. The number of nitrogens with zero attached hydrogens (tertiary/aromatic N) is 2. The van der Waals surface area contributed by atoms with E-state index in [-0.39, 0.29) is 0 Å². The number of hydrogen-bond donors (Lipinski definition) is 2. The fraction of sp³-hybridized carbons (Fsp3) is 0.500. The van der Waals surface area contributed by atoms with Crippen LogP contribution in [0.25, 0.3) is 10.9 Å². The van der Waals surface area contributed by atoms with Gasteiger partial charge in [0.25, 0.3) is 0 Å². The van der Waals surface area contributed by atoms with Crippen molar-refractivity contribution in [1.82, 2.24) is 9.97 Å². The van der Waals surface area contributed by atoms with Crippen LogP contribution in [0.4, 0.5) is 11.8 Å². The maximum absolute atomic E-state index is 5.79. The molecule has 3 N–H and O–H groups in total. The summed E-state index contributed by atoms with van der Waals surface area (Å²) in [5.41, 5.74) is 6.69. The highest BCUT2D eigenvalue weighted by Gasteiger charge is 2.18. The third-order valence-electron chi connectivity index (χ3n) is 4.31. The van der Waals surface area contributed by atoms with E-state index < -0.39 is 0 Å². The van der Waals surface area contributed by atoms with Gasteiger partial charge in [0.2, 0.25) is 5.95 Å². The molecule has 0 bridgehead atoms. The van der Waals surface area contributed by atoms with Gasteiger partial charge in [0.15, 0.2) is 0 Å². The first kappa shape index (κ1) is 13.2. The van der Waals surface area contributed by atoms with E-state index in [1.807, 2.05) is 24.3 Å². The number of hydrogen-bond acceptors (Lipinski definition) is 4. The van der Waals surface area contributed by atoms with Crippen LogP contribution in [0.15, 0.2) is 24.3 Å². The molecule has 1 aliphatic rings. The molecule has 0 unspecified atom stereocenters. The predicted molar refractivity (Wildman–Crippen MR) is 83.6 cm³/mol. The van der Waals surface area contributed by atoms with Crippen molar-refractivity contribution >= 4 is 22.7 Å². The van der Waals surface area contributed by atoms with Crippen LogP contribution in [0.3, 0.4) is 0 Å². The van der Waals surface area contributed by atoms with Crippen molar-refractivity contribution in [2.24, 2.45) is 11.8 Å². The largest absolute Gasteiger partial charge is 0.369 e. The van der Waals surface area contributed by atoms with E-state index in [1.165, 1.54) is 25.7 Å². The molecule has 1 aromatic carbocycles. The Morgan fingerprint density at radius 2 is 1.90 bits per heavy atom. The van der Waals surface area contributed by atoms with Crippen LogP contribution in [-0.2, 0) is 0 Å². The molecule has 0 radical (unpaired) electrons. The maximum atomic E-state index is 5.79. The van der Waals surface area contributed by atoms with Gasteiger partial charge >= 0.3 is 0 Å². The summed E-state index contributed by atoms with van der Waals surface area (Å²) in [6, 6.07) is 8.00. The monoisotopic (exact) mass is 270 g/mol. The van der Waals surface area contributed by atoms with Crippen molar-refractivity contribution in [2.45, 2.75) is 32.6 Å². The molecule has 0 amide bonds. The highest BCUT2D eigenvalue weighted by atomic mass is 15.1. The SMILES string of the molecule is CC1CCC(CNc2nc(N)nc3ccccc23)CC1. The number of fused-ring (bicyclic) bond motifs is 1. The Kier molecular flexibility index (Phi) is 3.72. The van der Waals surface area contributed by atoms with E-state index in [4.69, 9.17) is 5.73 Å². The van der Waals surface area contributed by atoms with Gasteiger partial charge in [-0.2, -0.15) is 4.98 Å². The lowest BCUT2D eigenvalue weighted by molar-refractivity contribution is 0.300. The molecule has 1 aromatic heterocycles. The second-order valence-corrected chi connectivity index (χ2v) is 5.95. The third-order valence-corrected chi connectivity index (χ3v) is 4.31. The first-order valence-corrected chi connectivity index (χ1v) is 7.48. The highest BCUT2D eigenvalue weighted by molar-refractivity contribution is 5.89. The third kappa shape index (κ3) is 2.84. The normalized spacial score (nSPS) is 22.9. The van der Waals surface area contributed by atoms with Gasteiger partial charge in [0.1, 0.15) is 5.82 Å². The van der Waals surface area contributed by atoms with Gasteiger partial charge in [-0.15, -0.1) is 0 Å². The summed E-state index contributed by atoms with van der Waals surface area (Å²) >= 11 is 0. The fourth-order valence-corrected chi connectivity index (χ4v) is 3.00. The Morgan fingerprint density at radius 1 is 1.15 bits per heavy atom. The molecule has 1 fully saturated rings. The Morgan fingerprint density at radius 3 is 2.70 bits per heavy atom. The molecule has 2 aromatic rings. The van der Waals surface area contributed by atoms with Gasteiger partial charge in [0, 0.05) is 11.9 Å². The van der Waals surface area contributed by atoms with Crippen LogP contribution >= 0.6 is 0 Å². The van der Waals surface area contributed by atoms with E-state index in [0.717, 1.165) is 35.1 Å². The minimum Gasteiger partial charge on any atom is -0.369 e. The van der Waals surface area contributed by atoms with Gasteiger partial charge in [-0.3, -0.25) is 0 Å². The number of nitrogen functional groups attached to an aromatic ring is 1. The number of aromatic nitrogens is 2. The van der Waals surface area contributed by atoms with Crippen LogP contribution in [0.1, 0.15) is 32.6 Å². The van der Waals surface area contributed by atoms with Crippen molar-refractivity contribution < 1.29 is 0 Å². The molecule has 3 rings (SSSR count). The van der Waals surface area contributed by atoms with Crippen LogP contribution < -0.4 is 11.1 Å². The summed E-state index contributed by atoms with van der Waals surface area (Å²) < 4.78 is 0. The minimum atomic E-state index is 0.337. The van der Waals surface area contributed by atoms with Gasteiger partial charge in [-0.25, -0.2) is 4.98 Å². The van der Waals surface area contributed by atoms with Crippen LogP contribution in [0.2, 0.25) is 0 Å². The Balaban J connectivity index is 1.74. The average molecular weight is 270 g/mol. The first-order chi connectivity index (χ1) is 9.72. The molecule has 4 heteroatoms. The quantitative estimate of drug-likeness (QED) is 0.896. The zero-order valence-electron chi connectivity index (χ0n) is 12.0. The summed E-state index contributed by atoms with van der Waals surface area (Å²) in [7, 11) is 0. The van der Waals surface area contributed by atoms with Crippen LogP contribution in [-0.4, -0.2) is 16.5 Å². The molecule has 4 nitrogen and oxygen atoms in total. The summed E-state index contributed by atoms with van der Waals surface area (Å²) in [6.07, 6.45) is 5.32. The predicted octanol–water partition coefficient (Wildman–Crippen LogP) is 3.45. The van der Waals surface area contributed by atoms with Crippen molar-refractivity contribution in [3.63, 3.8) is 0 Å². The molecule has 1 heterocycles. The van der Waals surface area contributed by atoms with Crippen molar-refractivity contribution in [1.29, 1.82) is 0 Å². The topological polar surface area (TPSA) is 63.8 Å². The van der Waals surface area contributed by atoms with Gasteiger partial charge in [0.05, 0.1) is 5.52 Å². The molecule has 106 valence electrons. The van der Waals surface area contributed by atoms with Gasteiger partial charge < -0.3 is 11.1 Å². The Labute approximate surface area is 119 Å². The van der Waals surface area contributed by atoms with E-state index >= 15 is 0 Å². The van der Waals surface area contributed by atoms with Crippen molar-refractivity contribution in [2.75, 3.05) is 17.6 Å². The fourth-order valence-electron chi connectivity index (χ4n) is 3.00. The standard InChI is InChI=1S/C16H22N4/c1-11-6-8-12(9-7-11)10-18-15-13-4-2-3-5-14(13)19-16(17)20-15/h2-5,11-12H,6-10H2,1H3,(H3,17,18,19,20). The number of anilines is 2. The maximum Gasteiger partial charge on any atom is 0.222 e. The lowest BCUT2D eigenvalue weighted by Gasteiger charge is -2.26. The van der Waals surface area contributed by atoms with Crippen molar-refractivity contribution in [3.05, 3.63) is 24.3 Å². The molecule has 0 atom stereocenters. The van der Waals surface area contributed by atoms with Crippen LogP contribution in [0.5, 0.6) is 0 Å². The lowest BCUT2D eigenvalue weighted by atomic mass is 9.83. The summed E-state index contributed by atoms with van der Waals surface area (Å²) in [6.45, 7) is 3.33. The summed E-state index contributed by atoms with van der Waals surface area (Å²) in [5, 5.41) is 4.53. The molecule has 0 spiro atoms. The van der Waals surface area contributed by atoms with Crippen molar-refractivity contribution in [3.8, 4) is 0 Å². The van der Waals surface area contributed by atoms with Gasteiger partial charge in [-0.05, 0) is 36.8 Å². The lowest BCUT2D eigenvalue weighted by Crippen LogP contribution is -2.20. The minimum absolute atomic E-state index is 0.337. The smallest absolute Gasteiger partial charge is 0.222 e. The molecular formula is C16H22N4. The number of nitrogens with two attached hydrogens (primary N) is 1. The van der Waals surface area contributed by atoms with E-state index in [9.17, 15) is 0 Å². The Bertz CT molecular complexity index is 588. The van der Waals surface area contributed by atoms with E-state index in [1.54, 1.807) is 0 Å². The summed E-state index contributed by atoms with van der Waals surface area (Å²) in [5.74, 6) is 2.85. The van der Waals surface area contributed by atoms with Crippen LogP contribution in [0, 0.1) is 11.8 Å². The number of rotatable bonds is 3. The number of nitrogens with one attached hydrogen (secondary N) is 1. The second-order valence-electron chi connectivity index (χ2n) is 5.95. The van der Waals surface area contributed by atoms with E-state index in [2.05, 4.69) is 22.2 Å². The Hall–Kier alpha value is -1.84. The first-order valence-electron chi connectivity index (χ1n) is 7.48. The highest BCUT2D eigenvalue weighted by Crippen LogP contribution is 2.29. The molecule has 0 saturated heterocycles. The average Bonchev–Trinajstić information content (AvgIpc) is 2.46.